The number of nitrogens with zero attached hydrogens (tertiary/aromatic N) is 3. The van der Waals surface area contributed by atoms with E-state index in [9.17, 15) is 9.18 Å². The van der Waals surface area contributed by atoms with Crippen LogP contribution in [-0.2, 0) is 24.4 Å². The first-order valence-corrected chi connectivity index (χ1v) is 9.27. The minimum Gasteiger partial charge on any atom is -0.332 e. The number of aromatic nitrogens is 2. The molecule has 3 aromatic rings. The molecule has 1 unspecified atom stereocenters. The van der Waals surface area contributed by atoms with Crippen LogP contribution in [0.15, 0.2) is 60.8 Å². The Morgan fingerprint density at radius 2 is 1.85 bits per heavy atom. The van der Waals surface area contributed by atoms with E-state index in [2.05, 4.69) is 12.0 Å². The van der Waals surface area contributed by atoms with Crippen LogP contribution in [0.5, 0.6) is 0 Å². The third-order valence-corrected chi connectivity index (χ3v) is 5.20. The van der Waals surface area contributed by atoms with E-state index in [-0.39, 0.29) is 17.6 Å². The van der Waals surface area contributed by atoms with Gasteiger partial charge in [0.1, 0.15) is 5.82 Å². The summed E-state index contributed by atoms with van der Waals surface area (Å²) in [5, 5.41) is 4.46. The Kier molecular flexibility index (Phi) is 4.75. The van der Waals surface area contributed by atoms with Gasteiger partial charge in [-0.1, -0.05) is 49.4 Å². The van der Waals surface area contributed by atoms with Gasteiger partial charge in [0, 0.05) is 12.1 Å². The number of rotatable bonds is 5. The number of carbonyl (C=O) groups is 1. The molecule has 0 bridgehead atoms. The Bertz CT molecular complexity index is 934. The summed E-state index contributed by atoms with van der Waals surface area (Å²) in [5.41, 5.74) is 4.21. The summed E-state index contributed by atoms with van der Waals surface area (Å²) in [6, 6.07) is 16.4. The van der Waals surface area contributed by atoms with Crippen LogP contribution in [0.2, 0.25) is 0 Å². The van der Waals surface area contributed by atoms with Crippen molar-refractivity contribution in [2.75, 3.05) is 0 Å². The van der Waals surface area contributed by atoms with Gasteiger partial charge in [-0.05, 0) is 29.7 Å². The van der Waals surface area contributed by atoms with Crippen LogP contribution in [-0.4, -0.2) is 20.6 Å². The van der Waals surface area contributed by atoms with Crippen molar-refractivity contribution in [1.82, 2.24) is 14.7 Å². The third kappa shape index (κ3) is 3.50. The van der Waals surface area contributed by atoms with E-state index in [1.807, 2.05) is 46.1 Å². The molecule has 27 heavy (non-hydrogen) atoms. The van der Waals surface area contributed by atoms with Crippen LogP contribution in [0.1, 0.15) is 41.6 Å². The average Bonchev–Trinajstić information content (AvgIpc) is 3.27. The molecule has 4 nitrogen and oxygen atoms in total. The predicted molar refractivity (Wildman–Crippen MR) is 101 cm³/mol. The van der Waals surface area contributed by atoms with Crippen molar-refractivity contribution in [3.8, 4) is 0 Å². The van der Waals surface area contributed by atoms with Crippen LogP contribution in [0.3, 0.4) is 0 Å². The largest absolute Gasteiger partial charge is 0.332 e. The van der Waals surface area contributed by atoms with Crippen molar-refractivity contribution in [3.63, 3.8) is 0 Å². The molecule has 0 aliphatic carbocycles. The Morgan fingerprint density at radius 1 is 1.11 bits per heavy atom. The van der Waals surface area contributed by atoms with Gasteiger partial charge in [0.2, 0.25) is 5.91 Å². The van der Waals surface area contributed by atoms with Crippen LogP contribution in [0.25, 0.3) is 0 Å². The highest BCUT2D eigenvalue weighted by Crippen LogP contribution is 2.29. The van der Waals surface area contributed by atoms with Crippen molar-refractivity contribution in [2.24, 2.45) is 0 Å². The highest BCUT2D eigenvalue weighted by molar-refractivity contribution is 5.84. The molecule has 0 radical (unpaired) electrons. The van der Waals surface area contributed by atoms with Crippen LogP contribution in [0.4, 0.5) is 4.39 Å². The van der Waals surface area contributed by atoms with Crippen LogP contribution in [0, 0.1) is 5.82 Å². The number of hydrogen-bond acceptors (Lipinski definition) is 2. The van der Waals surface area contributed by atoms with E-state index >= 15 is 0 Å². The van der Waals surface area contributed by atoms with Gasteiger partial charge in [-0.25, -0.2) is 4.39 Å². The van der Waals surface area contributed by atoms with Crippen LogP contribution >= 0.6 is 0 Å². The van der Waals surface area contributed by atoms with Crippen molar-refractivity contribution < 1.29 is 9.18 Å². The fourth-order valence-electron chi connectivity index (χ4n) is 3.72. The minimum absolute atomic E-state index is 0.117. The molecular formula is C22H22FN3O. The van der Waals surface area contributed by atoms with Gasteiger partial charge in [0.05, 0.1) is 30.9 Å². The fraction of sp³-hybridized carbons (Fsp3) is 0.273. The Hall–Kier alpha value is -2.95. The zero-order chi connectivity index (χ0) is 18.8. The summed E-state index contributed by atoms with van der Waals surface area (Å²) >= 11 is 0. The molecule has 0 spiro atoms. The first kappa shape index (κ1) is 17.5. The molecule has 1 atom stereocenters. The topological polar surface area (TPSA) is 38.1 Å². The van der Waals surface area contributed by atoms with Gasteiger partial charge in [-0.3, -0.25) is 9.48 Å². The molecule has 2 heterocycles. The molecule has 4 rings (SSSR count). The molecule has 1 aliphatic heterocycles. The molecule has 1 aromatic heterocycles. The predicted octanol–water partition coefficient (Wildman–Crippen LogP) is 4.11. The molecule has 2 aromatic carbocycles. The maximum atomic E-state index is 13.1. The Morgan fingerprint density at radius 3 is 2.56 bits per heavy atom. The first-order chi connectivity index (χ1) is 13.2. The van der Waals surface area contributed by atoms with Gasteiger partial charge in [-0.2, -0.15) is 5.10 Å². The van der Waals surface area contributed by atoms with Crippen molar-refractivity contribution in [3.05, 3.63) is 89.0 Å². The highest BCUT2D eigenvalue weighted by atomic mass is 19.1. The van der Waals surface area contributed by atoms with Gasteiger partial charge in [0.25, 0.3) is 0 Å². The van der Waals surface area contributed by atoms with E-state index < -0.39 is 0 Å². The number of hydrogen-bond donors (Lipinski definition) is 0. The monoisotopic (exact) mass is 363 g/mol. The van der Waals surface area contributed by atoms with E-state index in [0.717, 1.165) is 28.8 Å². The van der Waals surface area contributed by atoms with Gasteiger partial charge in [-0.15, -0.1) is 0 Å². The summed E-state index contributed by atoms with van der Waals surface area (Å²) in [5.74, 6) is -0.199. The second-order valence-electron chi connectivity index (χ2n) is 6.97. The van der Waals surface area contributed by atoms with Gasteiger partial charge >= 0.3 is 0 Å². The lowest BCUT2D eigenvalue weighted by Crippen LogP contribution is -2.31. The maximum Gasteiger partial charge on any atom is 0.230 e. The number of halogens is 1. The summed E-state index contributed by atoms with van der Waals surface area (Å²) in [6.07, 6.45) is 2.62. The van der Waals surface area contributed by atoms with Gasteiger partial charge in [0.15, 0.2) is 0 Å². The van der Waals surface area contributed by atoms with E-state index in [4.69, 9.17) is 0 Å². The molecule has 5 heteroatoms. The normalized spacial score (nSPS) is 14.2. The zero-order valence-corrected chi connectivity index (χ0v) is 15.3. The second kappa shape index (κ2) is 7.35. The zero-order valence-electron chi connectivity index (χ0n) is 15.3. The molecule has 0 N–H and O–H groups in total. The molecular weight excluding hydrogens is 341 g/mol. The third-order valence-electron chi connectivity index (χ3n) is 5.20. The maximum absolute atomic E-state index is 13.1. The lowest BCUT2D eigenvalue weighted by molar-refractivity contribution is -0.133. The Labute approximate surface area is 158 Å². The van der Waals surface area contributed by atoms with E-state index in [1.165, 1.54) is 12.1 Å². The second-order valence-corrected chi connectivity index (χ2v) is 6.97. The lowest BCUT2D eigenvalue weighted by Gasteiger charge is -2.23. The summed E-state index contributed by atoms with van der Waals surface area (Å²) in [4.78, 5) is 15.0. The van der Waals surface area contributed by atoms with Crippen molar-refractivity contribution in [2.45, 2.75) is 38.9 Å². The number of benzene rings is 2. The molecule has 138 valence electrons. The minimum atomic E-state index is -0.243. The summed E-state index contributed by atoms with van der Waals surface area (Å²) in [6.45, 7) is 3.79. The first-order valence-electron chi connectivity index (χ1n) is 9.27. The molecule has 0 fully saturated rings. The quantitative estimate of drug-likeness (QED) is 0.684. The van der Waals surface area contributed by atoms with E-state index in [0.29, 0.717) is 19.6 Å². The number of carbonyl (C=O) groups excluding carboxylic acids is 1. The number of amides is 1. The highest BCUT2D eigenvalue weighted by Gasteiger charge is 2.31. The summed E-state index contributed by atoms with van der Waals surface area (Å²) in [7, 11) is 0. The number of fused-ring (bicyclic) bond motifs is 1. The van der Waals surface area contributed by atoms with E-state index in [1.54, 1.807) is 12.1 Å². The fourth-order valence-corrected chi connectivity index (χ4v) is 3.72. The standard InChI is InChI=1S/C22H22FN3O/c1-2-20(17-6-4-3-5-7-17)22(27)25-14-18-12-24-26(21(18)15-25)13-16-8-10-19(23)11-9-16/h3-12,20H,2,13-15H2,1H3. The lowest BCUT2D eigenvalue weighted by atomic mass is 9.95. The SMILES string of the molecule is CCC(C(=O)N1Cc2cnn(Cc3ccc(F)cc3)c2C1)c1ccccc1. The Balaban J connectivity index is 1.50. The van der Waals surface area contributed by atoms with Crippen LogP contribution < -0.4 is 0 Å². The molecule has 1 aliphatic rings. The molecule has 1 amide bonds. The smallest absolute Gasteiger partial charge is 0.230 e. The average molecular weight is 363 g/mol. The molecule has 0 saturated carbocycles. The molecule has 0 saturated heterocycles. The van der Waals surface area contributed by atoms with Crippen molar-refractivity contribution in [1.29, 1.82) is 0 Å². The van der Waals surface area contributed by atoms with Crippen molar-refractivity contribution >= 4 is 5.91 Å². The van der Waals surface area contributed by atoms with Gasteiger partial charge < -0.3 is 4.90 Å². The summed E-state index contributed by atoms with van der Waals surface area (Å²) < 4.78 is 15.0.